The summed E-state index contributed by atoms with van der Waals surface area (Å²) in [6.07, 6.45) is 3.08. The molecular weight excluding hydrogens is 376 g/mol. The zero-order chi connectivity index (χ0) is 22.2. The highest BCUT2D eigenvalue weighted by Gasteiger charge is 2.12. The summed E-state index contributed by atoms with van der Waals surface area (Å²) in [5, 5.41) is 18.2. The predicted molar refractivity (Wildman–Crippen MR) is 109 cm³/mol. The van der Waals surface area contributed by atoms with Crippen molar-refractivity contribution in [3.05, 3.63) is 60.2 Å². The van der Waals surface area contributed by atoms with Crippen LogP contribution in [0.1, 0.15) is 48.7 Å². The van der Waals surface area contributed by atoms with Crippen molar-refractivity contribution in [2.24, 2.45) is 0 Å². The molecule has 0 atom stereocenters. The number of rotatable bonds is 7. The SMILES string of the molecule is C=C(C)CO.C=C(C)Cn1nccc1C(=O)OCC.CCOC(=O)c1ccn[nH]1. The Bertz CT molecular complexity index is 766. The summed E-state index contributed by atoms with van der Waals surface area (Å²) in [5.74, 6) is -0.703. The lowest BCUT2D eigenvalue weighted by Crippen LogP contribution is -2.13. The van der Waals surface area contributed by atoms with E-state index >= 15 is 0 Å². The number of carbonyl (C=O) groups excluding carboxylic acids is 2. The van der Waals surface area contributed by atoms with Gasteiger partial charge < -0.3 is 14.6 Å². The number of aromatic amines is 1. The first-order chi connectivity index (χ1) is 13.8. The van der Waals surface area contributed by atoms with Crippen LogP contribution in [-0.2, 0) is 16.0 Å². The molecule has 2 aromatic heterocycles. The summed E-state index contributed by atoms with van der Waals surface area (Å²) in [6, 6.07) is 3.21. The van der Waals surface area contributed by atoms with Crippen LogP contribution in [0.2, 0.25) is 0 Å². The zero-order valence-corrected chi connectivity index (χ0v) is 17.5. The van der Waals surface area contributed by atoms with Crippen LogP contribution in [0.4, 0.5) is 0 Å². The van der Waals surface area contributed by atoms with Gasteiger partial charge in [0.25, 0.3) is 0 Å². The fraction of sp³-hybridized carbons (Fsp3) is 0.400. The Morgan fingerprint density at radius 2 is 1.66 bits per heavy atom. The molecule has 9 heteroatoms. The molecule has 0 amide bonds. The van der Waals surface area contributed by atoms with Gasteiger partial charge in [0.15, 0.2) is 0 Å². The topological polar surface area (TPSA) is 119 Å². The van der Waals surface area contributed by atoms with Crippen LogP contribution in [0.3, 0.4) is 0 Å². The minimum absolute atomic E-state index is 0.111. The van der Waals surface area contributed by atoms with Crippen LogP contribution in [0.25, 0.3) is 0 Å². The fourth-order valence-electron chi connectivity index (χ4n) is 1.67. The van der Waals surface area contributed by atoms with E-state index in [4.69, 9.17) is 9.84 Å². The average molecular weight is 406 g/mol. The molecule has 2 heterocycles. The number of carbonyl (C=O) groups is 2. The van der Waals surface area contributed by atoms with Gasteiger partial charge in [-0.3, -0.25) is 9.78 Å². The zero-order valence-electron chi connectivity index (χ0n) is 17.5. The third-order valence-electron chi connectivity index (χ3n) is 2.89. The quantitative estimate of drug-likeness (QED) is 0.536. The van der Waals surface area contributed by atoms with E-state index in [0.717, 1.165) is 11.1 Å². The number of H-pyrrole nitrogens is 1. The summed E-state index contributed by atoms with van der Waals surface area (Å²) in [4.78, 5) is 22.2. The Morgan fingerprint density at radius 1 is 1.07 bits per heavy atom. The van der Waals surface area contributed by atoms with Crippen LogP contribution in [0, 0.1) is 0 Å². The molecule has 160 valence electrons. The van der Waals surface area contributed by atoms with E-state index < -0.39 is 0 Å². The van der Waals surface area contributed by atoms with Crippen LogP contribution in [0.15, 0.2) is 48.8 Å². The van der Waals surface area contributed by atoms with Crippen molar-refractivity contribution < 1.29 is 24.2 Å². The van der Waals surface area contributed by atoms with Crippen LogP contribution < -0.4 is 0 Å². The number of aliphatic hydroxyl groups excluding tert-OH is 1. The lowest BCUT2D eigenvalue weighted by molar-refractivity contribution is 0.0506. The van der Waals surface area contributed by atoms with Crippen molar-refractivity contribution >= 4 is 11.9 Å². The Balaban J connectivity index is 0.000000455. The maximum Gasteiger partial charge on any atom is 0.356 e. The van der Waals surface area contributed by atoms with Crippen LogP contribution in [0.5, 0.6) is 0 Å². The van der Waals surface area contributed by atoms with E-state index in [1.807, 2.05) is 6.92 Å². The van der Waals surface area contributed by atoms with E-state index in [9.17, 15) is 9.59 Å². The monoisotopic (exact) mass is 406 g/mol. The molecule has 0 aliphatic rings. The largest absolute Gasteiger partial charge is 0.461 e. The minimum Gasteiger partial charge on any atom is -0.461 e. The highest BCUT2D eigenvalue weighted by molar-refractivity contribution is 5.87. The van der Waals surface area contributed by atoms with Crippen molar-refractivity contribution in [2.45, 2.75) is 34.2 Å². The molecule has 0 bridgehead atoms. The van der Waals surface area contributed by atoms with Crippen molar-refractivity contribution in [3.8, 4) is 0 Å². The molecular formula is C20H30N4O5. The van der Waals surface area contributed by atoms with Crippen molar-refractivity contribution in [1.29, 1.82) is 0 Å². The number of nitrogens with zero attached hydrogens (tertiary/aromatic N) is 3. The van der Waals surface area contributed by atoms with Gasteiger partial charge in [0, 0.05) is 12.4 Å². The number of esters is 2. The highest BCUT2D eigenvalue weighted by Crippen LogP contribution is 2.04. The van der Waals surface area contributed by atoms with Gasteiger partial charge in [0.05, 0.1) is 26.4 Å². The highest BCUT2D eigenvalue weighted by atomic mass is 16.5. The van der Waals surface area contributed by atoms with Crippen LogP contribution in [-0.4, -0.2) is 56.8 Å². The van der Waals surface area contributed by atoms with Gasteiger partial charge in [-0.15, -0.1) is 0 Å². The maximum atomic E-state index is 11.4. The van der Waals surface area contributed by atoms with E-state index in [1.165, 1.54) is 6.20 Å². The number of hydrogen-bond donors (Lipinski definition) is 2. The van der Waals surface area contributed by atoms with Gasteiger partial charge in [0.1, 0.15) is 11.4 Å². The fourth-order valence-corrected chi connectivity index (χ4v) is 1.67. The first-order valence-electron chi connectivity index (χ1n) is 9.01. The number of aromatic nitrogens is 4. The molecule has 29 heavy (non-hydrogen) atoms. The summed E-state index contributed by atoms with van der Waals surface area (Å²) >= 11 is 0. The smallest absolute Gasteiger partial charge is 0.356 e. The molecule has 0 saturated carbocycles. The Morgan fingerprint density at radius 3 is 2.10 bits per heavy atom. The second kappa shape index (κ2) is 14.8. The first-order valence-corrected chi connectivity index (χ1v) is 9.01. The first kappa shape index (κ1) is 25.8. The third kappa shape index (κ3) is 11.3. The molecule has 9 nitrogen and oxygen atoms in total. The Hall–Kier alpha value is -3.20. The van der Waals surface area contributed by atoms with Crippen molar-refractivity contribution in [3.63, 3.8) is 0 Å². The number of allylic oxidation sites excluding steroid dienone is 1. The van der Waals surface area contributed by atoms with Gasteiger partial charge in [-0.2, -0.15) is 10.2 Å². The molecule has 0 fully saturated rings. The molecule has 2 N–H and O–H groups in total. The number of aliphatic hydroxyl groups is 1. The standard InChI is InChI=1S/C10H14N2O2.C6H8N2O2.C4H8O/c1-4-14-10(13)9-5-6-11-12(9)7-8(2)3;1-2-10-6(9)5-3-4-7-8-5;1-4(2)3-5/h5-6H,2,4,7H2,1,3H3;3-4H,2H2,1H3,(H,7,8);5H,1,3H2,2H3. The van der Waals surface area contributed by atoms with Crippen LogP contribution >= 0.6 is 0 Å². The van der Waals surface area contributed by atoms with E-state index in [0.29, 0.717) is 31.1 Å². The number of nitrogens with one attached hydrogen (secondary N) is 1. The normalized spacial score (nSPS) is 9.28. The minimum atomic E-state index is -0.361. The average Bonchev–Trinajstić information content (AvgIpc) is 3.34. The summed E-state index contributed by atoms with van der Waals surface area (Å²) in [5.41, 5.74) is 2.61. The van der Waals surface area contributed by atoms with Gasteiger partial charge in [-0.25, -0.2) is 9.59 Å². The molecule has 0 aliphatic heterocycles. The lowest BCUT2D eigenvalue weighted by Gasteiger charge is -2.05. The van der Waals surface area contributed by atoms with E-state index in [-0.39, 0.29) is 18.5 Å². The number of hydrogen-bond acceptors (Lipinski definition) is 7. The van der Waals surface area contributed by atoms with Gasteiger partial charge in [-0.05, 0) is 39.8 Å². The summed E-state index contributed by atoms with van der Waals surface area (Å²) in [7, 11) is 0. The molecule has 0 aliphatic carbocycles. The third-order valence-corrected chi connectivity index (χ3v) is 2.89. The van der Waals surface area contributed by atoms with Gasteiger partial charge >= 0.3 is 11.9 Å². The van der Waals surface area contributed by atoms with E-state index in [1.54, 1.807) is 43.8 Å². The Kier molecular flexibility index (Phi) is 13.2. The molecule has 2 aromatic rings. The second-order valence-corrected chi connectivity index (χ2v) is 5.86. The summed E-state index contributed by atoms with van der Waals surface area (Å²) < 4.78 is 11.1. The number of ether oxygens (including phenoxy) is 2. The Labute approximate surface area is 171 Å². The van der Waals surface area contributed by atoms with E-state index in [2.05, 4.69) is 33.2 Å². The lowest BCUT2D eigenvalue weighted by atomic mass is 10.3. The molecule has 0 saturated heterocycles. The molecule has 0 radical (unpaired) electrons. The molecule has 0 unspecified atom stereocenters. The molecule has 2 rings (SSSR count). The van der Waals surface area contributed by atoms with Gasteiger partial charge in [-0.1, -0.05) is 24.3 Å². The molecule has 0 aromatic carbocycles. The van der Waals surface area contributed by atoms with Crippen molar-refractivity contribution in [1.82, 2.24) is 20.0 Å². The van der Waals surface area contributed by atoms with Crippen molar-refractivity contribution in [2.75, 3.05) is 19.8 Å². The van der Waals surface area contributed by atoms with Gasteiger partial charge in [0.2, 0.25) is 0 Å². The summed E-state index contributed by atoms with van der Waals surface area (Å²) in [6.45, 7) is 15.8. The molecule has 0 spiro atoms. The second-order valence-electron chi connectivity index (χ2n) is 5.86. The maximum absolute atomic E-state index is 11.4. The predicted octanol–water partition coefficient (Wildman–Crippen LogP) is 2.78.